The average molecular weight is 423 g/mol. The highest BCUT2D eigenvalue weighted by Crippen LogP contribution is 2.45. The second-order valence-electron chi connectivity index (χ2n) is 9.02. The Hall–Kier alpha value is -2.29. The summed E-state index contributed by atoms with van der Waals surface area (Å²) in [7, 11) is 0. The van der Waals surface area contributed by atoms with Gasteiger partial charge in [0.15, 0.2) is 0 Å². The van der Waals surface area contributed by atoms with Gasteiger partial charge >= 0.3 is 5.69 Å². The monoisotopic (exact) mass is 423 g/mol. The van der Waals surface area contributed by atoms with Crippen molar-refractivity contribution in [1.82, 2.24) is 9.55 Å². The molecule has 3 unspecified atom stereocenters. The predicted octanol–water partition coefficient (Wildman–Crippen LogP) is 2.70. The van der Waals surface area contributed by atoms with Crippen LogP contribution in [0.5, 0.6) is 0 Å². The van der Waals surface area contributed by atoms with Crippen molar-refractivity contribution in [1.29, 1.82) is 0 Å². The predicted molar refractivity (Wildman–Crippen MR) is 106 cm³/mol. The standard InChI is InChI=1S/C21H24F3N3O3/c1-10-16-13(19(29)25-20(30)27(16)12-4-5-12)7-15(22)17(10)26-8-11-3-2-6-21(23,24)18(28)14(11)9-26/h7,11-12,14,18,28H,2-6,8-9H2,1H3,(H,25,29,30). The molecule has 0 amide bonds. The van der Waals surface area contributed by atoms with E-state index in [-0.39, 0.29) is 36.0 Å². The number of aromatic nitrogens is 2. The number of nitrogens with zero attached hydrogens (tertiary/aromatic N) is 2. The van der Waals surface area contributed by atoms with E-state index >= 15 is 4.39 Å². The number of aryl methyl sites for hydroxylation is 1. The molecule has 0 radical (unpaired) electrons. The van der Waals surface area contributed by atoms with Crippen molar-refractivity contribution >= 4 is 16.6 Å². The second-order valence-corrected chi connectivity index (χ2v) is 9.02. The lowest BCUT2D eigenvalue weighted by Crippen LogP contribution is -2.41. The molecular weight excluding hydrogens is 399 g/mol. The van der Waals surface area contributed by atoms with Gasteiger partial charge < -0.3 is 10.0 Å². The molecule has 2 aromatic rings. The van der Waals surface area contributed by atoms with Crippen LogP contribution in [0, 0.1) is 24.6 Å². The van der Waals surface area contributed by atoms with E-state index < -0.39 is 35.0 Å². The zero-order chi connectivity index (χ0) is 21.4. The van der Waals surface area contributed by atoms with Crippen LogP contribution in [-0.4, -0.2) is 39.8 Å². The van der Waals surface area contributed by atoms with Crippen molar-refractivity contribution in [3.05, 3.63) is 38.3 Å². The van der Waals surface area contributed by atoms with Crippen LogP contribution in [0.25, 0.3) is 10.9 Å². The molecule has 9 heteroatoms. The van der Waals surface area contributed by atoms with Crippen LogP contribution in [0.4, 0.5) is 18.9 Å². The Bertz CT molecular complexity index is 1140. The Morgan fingerprint density at radius 3 is 2.63 bits per heavy atom. The van der Waals surface area contributed by atoms with E-state index in [1.54, 1.807) is 11.8 Å². The number of anilines is 1. The van der Waals surface area contributed by atoms with Crippen molar-refractivity contribution in [3.8, 4) is 0 Å². The van der Waals surface area contributed by atoms with Gasteiger partial charge in [0.2, 0.25) is 0 Å². The van der Waals surface area contributed by atoms with Crippen LogP contribution in [0.15, 0.2) is 15.7 Å². The lowest BCUT2D eigenvalue weighted by molar-refractivity contribution is -0.130. The number of hydrogen-bond donors (Lipinski definition) is 2. The first-order chi connectivity index (χ1) is 14.2. The number of alkyl halides is 2. The van der Waals surface area contributed by atoms with E-state index in [0.29, 0.717) is 30.5 Å². The fourth-order valence-corrected chi connectivity index (χ4v) is 5.44. The van der Waals surface area contributed by atoms with Crippen molar-refractivity contribution in [2.24, 2.45) is 11.8 Å². The number of H-pyrrole nitrogens is 1. The zero-order valence-corrected chi connectivity index (χ0v) is 16.6. The lowest BCUT2D eigenvalue weighted by Gasteiger charge is -2.27. The minimum atomic E-state index is -3.15. The van der Waals surface area contributed by atoms with Crippen LogP contribution < -0.4 is 16.1 Å². The first kappa shape index (κ1) is 19.7. The molecule has 1 aromatic carbocycles. The topological polar surface area (TPSA) is 78.3 Å². The highest BCUT2D eigenvalue weighted by atomic mass is 19.3. The molecule has 162 valence electrons. The third-order valence-electron chi connectivity index (χ3n) is 7.03. The lowest BCUT2D eigenvalue weighted by atomic mass is 9.89. The van der Waals surface area contributed by atoms with Crippen LogP contribution in [0.3, 0.4) is 0 Å². The maximum Gasteiger partial charge on any atom is 0.329 e. The molecule has 5 rings (SSSR count). The minimum Gasteiger partial charge on any atom is -0.386 e. The van der Waals surface area contributed by atoms with Crippen LogP contribution >= 0.6 is 0 Å². The number of halogens is 3. The van der Waals surface area contributed by atoms with E-state index in [1.807, 2.05) is 0 Å². The molecule has 2 saturated carbocycles. The molecule has 0 spiro atoms. The van der Waals surface area contributed by atoms with Crippen LogP contribution in [0.2, 0.25) is 0 Å². The van der Waals surface area contributed by atoms with Crippen molar-refractivity contribution in [2.45, 2.75) is 57.1 Å². The fourth-order valence-electron chi connectivity index (χ4n) is 5.44. The summed E-state index contributed by atoms with van der Waals surface area (Å²) in [6, 6.07) is 1.10. The molecule has 2 N–H and O–H groups in total. The van der Waals surface area contributed by atoms with Crippen molar-refractivity contribution < 1.29 is 18.3 Å². The molecule has 0 bridgehead atoms. The van der Waals surface area contributed by atoms with Gasteiger partial charge in [-0.05, 0) is 44.6 Å². The quantitative estimate of drug-likeness (QED) is 0.779. The van der Waals surface area contributed by atoms with Gasteiger partial charge in [-0.15, -0.1) is 0 Å². The third-order valence-corrected chi connectivity index (χ3v) is 7.03. The minimum absolute atomic E-state index is 0.0287. The molecule has 3 atom stereocenters. The Balaban J connectivity index is 1.63. The largest absolute Gasteiger partial charge is 0.386 e. The number of fused-ring (bicyclic) bond motifs is 2. The zero-order valence-electron chi connectivity index (χ0n) is 16.6. The Kier molecular flexibility index (Phi) is 4.33. The summed E-state index contributed by atoms with van der Waals surface area (Å²) in [5.41, 5.74) is -0.0664. The molecule has 1 aromatic heterocycles. The summed E-state index contributed by atoms with van der Waals surface area (Å²) in [6.07, 6.45) is 0.390. The smallest absolute Gasteiger partial charge is 0.329 e. The van der Waals surface area contributed by atoms with Crippen LogP contribution in [0.1, 0.15) is 43.7 Å². The van der Waals surface area contributed by atoms with E-state index in [9.17, 15) is 23.5 Å². The van der Waals surface area contributed by atoms with Gasteiger partial charge in [0.1, 0.15) is 11.9 Å². The summed E-state index contributed by atoms with van der Waals surface area (Å²) >= 11 is 0. The number of benzene rings is 1. The number of hydrogen-bond acceptors (Lipinski definition) is 4. The number of nitrogens with one attached hydrogen (secondary N) is 1. The molecule has 1 saturated heterocycles. The summed E-state index contributed by atoms with van der Waals surface area (Å²) in [4.78, 5) is 28.7. The van der Waals surface area contributed by atoms with Crippen LogP contribution in [-0.2, 0) is 0 Å². The highest BCUT2D eigenvalue weighted by Gasteiger charge is 2.51. The molecular formula is C21H24F3N3O3. The van der Waals surface area contributed by atoms with E-state index in [2.05, 4.69) is 4.98 Å². The molecule has 1 aliphatic heterocycles. The summed E-state index contributed by atoms with van der Waals surface area (Å²) < 4.78 is 45.1. The van der Waals surface area contributed by atoms with Gasteiger partial charge in [0, 0.05) is 37.0 Å². The summed E-state index contributed by atoms with van der Waals surface area (Å²) in [6.45, 7) is 2.14. The van der Waals surface area contributed by atoms with Gasteiger partial charge in [-0.3, -0.25) is 14.3 Å². The highest BCUT2D eigenvalue weighted by molar-refractivity contribution is 5.87. The third kappa shape index (κ3) is 2.89. The Morgan fingerprint density at radius 1 is 1.20 bits per heavy atom. The van der Waals surface area contributed by atoms with E-state index in [4.69, 9.17) is 0 Å². The second kappa shape index (κ2) is 6.60. The van der Waals surface area contributed by atoms with Gasteiger partial charge in [-0.1, -0.05) is 0 Å². The molecule has 2 heterocycles. The number of aliphatic hydroxyl groups is 1. The molecule has 2 aliphatic carbocycles. The number of aromatic amines is 1. The summed E-state index contributed by atoms with van der Waals surface area (Å²) in [5, 5.41) is 10.4. The van der Waals surface area contributed by atoms with Crippen molar-refractivity contribution in [2.75, 3.05) is 18.0 Å². The van der Waals surface area contributed by atoms with E-state index in [1.165, 1.54) is 4.57 Å². The SMILES string of the molecule is Cc1c(N2CC3CCCC(F)(F)C(O)C3C2)c(F)cc2c(=O)[nH]c(=O)n(C3CC3)c12. The molecule has 3 aliphatic rings. The first-order valence-corrected chi connectivity index (χ1v) is 10.5. The van der Waals surface area contributed by atoms with Gasteiger partial charge in [0.05, 0.1) is 16.6 Å². The molecule has 3 fully saturated rings. The maximum atomic E-state index is 15.2. The van der Waals surface area contributed by atoms with Gasteiger partial charge in [-0.2, -0.15) is 0 Å². The Morgan fingerprint density at radius 2 is 1.93 bits per heavy atom. The maximum absolute atomic E-state index is 15.2. The number of aliphatic hydroxyl groups excluding tert-OH is 1. The normalized spacial score (nSPS) is 28.6. The fraction of sp³-hybridized carbons (Fsp3) is 0.619. The van der Waals surface area contributed by atoms with E-state index in [0.717, 1.165) is 18.9 Å². The summed E-state index contributed by atoms with van der Waals surface area (Å²) in [5.74, 6) is -4.58. The average Bonchev–Trinajstić information content (AvgIpc) is 3.43. The molecule has 6 nitrogen and oxygen atoms in total. The van der Waals surface area contributed by atoms with Gasteiger partial charge in [0.25, 0.3) is 11.5 Å². The van der Waals surface area contributed by atoms with Gasteiger partial charge in [-0.25, -0.2) is 18.0 Å². The number of rotatable bonds is 2. The Labute approximate surface area is 170 Å². The molecule has 30 heavy (non-hydrogen) atoms. The first-order valence-electron chi connectivity index (χ1n) is 10.5. The van der Waals surface area contributed by atoms with Crippen molar-refractivity contribution in [3.63, 3.8) is 0 Å².